The van der Waals surface area contributed by atoms with Crippen molar-refractivity contribution < 1.29 is 22.4 Å². The number of aromatic nitrogens is 1. The highest BCUT2D eigenvalue weighted by molar-refractivity contribution is 7.89. The Morgan fingerprint density at radius 3 is 2.68 bits per heavy atom. The number of rotatable bonds is 6. The SMILES string of the molecule is Cc1ccc(-c2nc(CC(=O)Nc3cc(S(=O)(=O)N4CCOCC4)ccc3C)cs2)o1. The summed E-state index contributed by atoms with van der Waals surface area (Å²) in [6.45, 7) is 5.07. The number of sulfonamides is 1. The molecule has 31 heavy (non-hydrogen) atoms. The van der Waals surface area contributed by atoms with Crippen LogP contribution in [0, 0.1) is 13.8 Å². The van der Waals surface area contributed by atoms with E-state index in [-0.39, 0.29) is 17.2 Å². The molecular formula is C21H23N3O5S2. The molecule has 1 saturated heterocycles. The van der Waals surface area contributed by atoms with E-state index in [1.807, 2.05) is 31.4 Å². The molecule has 1 aliphatic heterocycles. The number of thiazole rings is 1. The molecule has 2 aromatic heterocycles. The van der Waals surface area contributed by atoms with E-state index in [1.165, 1.54) is 21.7 Å². The largest absolute Gasteiger partial charge is 0.459 e. The summed E-state index contributed by atoms with van der Waals surface area (Å²) in [5.74, 6) is 1.20. The third-order valence-electron chi connectivity index (χ3n) is 4.94. The zero-order valence-corrected chi connectivity index (χ0v) is 18.9. The van der Waals surface area contributed by atoms with E-state index < -0.39 is 10.0 Å². The van der Waals surface area contributed by atoms with Gasteiger partial charge in [0.15, 0.2) is 10.8 Å². The Bertz CT molecular complexity index is 1190. The normalized spacial score (nSPS) is 15.2. The first-order chi connectivity index (χ1) is 14.8. The summed E-state index contributed by atoms with van der Waals surface area (Å²) < 4.78 is 38.0. The molecule has 0 aliphatic carbocycles. The Hall–Kier alpha value is -2.53. The van der Waals surface area contributed by atoms with Gasteiger partial charge >= 0.3 is 0 Å². The second-order valence-electron chi connectivity index (χ2n) is 7.27. The number of ether oxygens (including phenoxy) is 1. The van der Waals surface area contributed by atoms with Crippen molar-refractivity contribution in [3.05, 3.63) is 52.7 Å². The summed E-state index contributed by atoms with van der Waals surface area (Å²) in [5.41, 5.74) is 1.87. The maximum atomic E-state index is 12.9. The zero-order chi connectivity index (χ0) is 22.0. The van der Waals surface area contributed by atoms with Crippen molar-refractivity contribution in [3.8, 4) is 10.8 Å². The van der Waals surface area contributed by atoms with Gasteiger partial charge in [0.2, 0.25) is 15.9 Å². The number of benzene rings is 1. The quantitative estimate of drug-likeness (QED) is 0.605. The second kappa shape index (κ2) is 8.91. The number of morpholine rings is 1. The van der Waals surface area contributed by atoms with Gasteiger partial charge in [-0.2, -0.15) is 4.31 Å². The van der Waals surface area contributed by atoms with Crippen molar-refractivity contribution in [3.63, 3.8) is 0 Å². The average molecular weight is 462 g/mol. The summed E-state index contributed by atoms with van der Waals surface area (Å²) in [6, 6.07) is 8.48. The standard InChI is InChI=1S/C21H23N3O5S2/c1-14-3-5-17(31(26,27)24-7-9-28-10-8-24)12-18(14)23-20(25)11-16-13-30-21(22-16)19-6-4-15(2)29-19/h3-6,12-13H,7-11H2,1-2H3,(H,23,25). The van der Waals surface area contributed by atoms with Gasteiger partial charge in [0, 0.05) is 24.2 Å². The number of carbonyl (C=O) groups is 1. The molecular weight excluding hydrogens is 438 g/mol. The predicted molar refractivity (Wildman–Crippen MR) is 118 cm³/mol. The molecule has 0 bridgehead atoms. The summed E-state index contributed by atoms with van der Waals surface area (Å²) in [7, 11) is -3.64. The topological polar surface area (TPSA) is 102 Å². The smallest absolute Gasteiger partial charge is 0.243 e. The van der Waals surface area contributed by atoms with Crippen LogP contribution in [0.1, 0.15) is 17.0 Å². The molecule has 0 spiro atoms. The molecule has 1 N–H and O–H groups in total. The summed E-state index contributed by atoms with van der Waals surface area (Å²) in [6.07, 6.45) is 0.0794. The predicted octanol–water partition coefficient (Wildman–Crippen LogP) is 3.22. The zero-order valence-electron chi connectivity index (χ0n) is 17.3. The van der Waals surface area contributed by atoms with Gasteiger partial charge in [0.05, 0.1) is 30.2 Å². The van der Waals surface area contributed by atoms with E-state index >= 15 is 0 Å². The fourth-order valence-corrected chi connectivity index (χ4v) is 5.46. The van der Waals surface area contributed by atoms with E-state index in [9.17, 15) is 13.2 Å². The molecule has 164 valence electrons. The number of amides is 1. The molecule has 1 amide bonds. The highest BCUT2D eigenvalue weighted by atomic mass is 32.2. The number of anilines is 1. The Labute approximate surface area is 184 Å². The van der Waals surface area contributed by atoms with Crippen molar-refractivity contribution in [1.82, 2.24) is 9.29 Å². The molecule has 0 radical (unpaired) electrons. The van der Waals surface area contributed by atoms with Crippen LogP contribution in [0.4, 0.5) is 5.69 Å². The molecule has 10 heteroatoms. The Kier molecular flexibility index (Phi) is 6.24. The van der Waals surface area contributed by atoms with Crippen LogP contribution < -0.4 is 5.32 Å². The lowest BCUT2D eigenvalue weighted by Gasteiger charge is -2.26. The van der Waals surface area contributed by atoms with Gasteiger partial charge in [-0.3, -0.25) is 4.79 Å². The first-order valence-corrected chi connectivity index (χ1v) is 12.1. The number of hydrogen-bond donors (Lipinski definition) is 1. The highest BCUT2D eigenvalue weighted by Crippen LogP contribution is 2.27. The first-order valence-electron chi connectivity index (χ1n) is 9.82. The Morgan fingerprint density at radius 1 is 1.19 bits per heavy atom. The Balaban J connectivity index is 1.47. The molecule has 1 aromatic carbocycles. The fourth-order valence-electron chi connectivity index (χ4n) is 3.24. The van der Waals surface area contributed by atoms with Gasteiger partial charge in [0.25, 0.3) is 0 Å². The van der Waals surface area contributed by atoms with Gasteiger partial charge in [-0.1, -0.05) is 6.07 Å². The van der Waals surface area contributed by atoms with E-state index in [4.69, 9.17) is 9.15 Å². The lowest BCUT2D eigenvalue weighted by atomic mass is 10.2. The molecule has 0 unspecified atom stereocenters. The van der Waals surface area contributed by atoms with Gasteiger partial charge in [-0.25, -0.2) is 13.4 Å². The fraction of sp³-hybridized carbons (Fsp3) is 0.333. The van der Waals surface area contributed by atoms with Crippen molar-refractivity contribution in [1.29, 1.82) is 0 Å². The monoisotopic (exact) mass is 461 g/mol. The van der Waals surface area contributed by atoms with Gasteiger partial charge in [-0.15, -0.1) is 11.3 Å². The first kappa shape index (κ1) is 21.7. The van der Waals surface area contributed by atoms with Crippen molar-refractivity contribution in [2.24, 2.45) is 0 Å². The number of carbonyl (C=O) groups excluding carboxylic acids is 1. The van der Waals surface area contributed by atoms with Crippen LogP contribution >= 0.6 is 11.3 Å². The molecule has 3 aromatic rings. The lowest BCUT2D eigenvalue weighted by molar-refractivity contribution is -0.115. The van der Waals surface area contributed by atoms with Crippen molar-refractivity contribution in [2.45, 2.75) is 25.2 Å². The maximum Gasteiger partial charge on any atom is 0.243 e. The molecule has 1 fully saturated rings. The van der Waals surface area contributed by atoms with Crippen LogP contribution in [0.25, 0.3) is 10.8 Å². The van der Waals surface area contributed by atoms with E-state index in [2.05, 4.69) is 10.3 Å². The van der Waals surface area contributed by atoms with Gasteiger partial charge in [-0.05, 0) is 43.7 Å². The third kappa shape index (κ3) is 4.87. The molecule has 0 saturated carbocycles. The van der Waals surface area contributed by atoms with Crippen LogP contribution in [-0.2, 0) is 26.0 Å². The van der Waals surface area contributed by atoms with Crippen LogP contribution in [0.2, 0.25) is 0 Å². The minimum Gasteiger partial charge on any atom is -0.459 e. The molecule has 1 aliphatic rings. The summed E-state index contributed by atoms with van der Waals surface area (Å²) >= 11 is 1.41. The van der Waals surface area contributed by atoms with E-state index in [1.54, 1.807) is 12.1 Å². The molecule has 8 nitrogen and oxygen atoms in total. The highest BCUT2D eigenvalue weighted by Gasteiger charge is 2.27. The minimum absolute atomic E-state index is 0.0794. The minimum atomic E-state index is -3.64. The molecule has 3 heterocycles. The number of nitrogens with one attached hydrogen (secondary N) is 1. The number of aryl methyl sites for hydroxylation is 2. The molecule has 0 atom stereocenters. The van der Waals surface area contributed by atoms with Crippen LogP contribution in [0.15, 0.2) is 45.0 Å². The number of nitrogens with zero attached hydrogens (tertiary/aromatic N) is 2. The Morgan fingerprint density at radius 2 is 1.97 bits per heavy atom. The van der Waals surface area contributed by atoms with Crippen LogP contribution in [-0.4, -0.2) is 49.9 Å². The van der Waals surface area contributed by atoms with E-state index in [0.29, 0.717) is 48.5 Å². The summed E-state index contributed by atoms with van der Waals surface area (Å²) in [5, 5.41) is 5.35. The summed E-state index contributed by atoms with van der Waals surface area (Å²) in [4.78, 5) is 17.2. The lowest BCUT2D eigenvalue weighted by Crippen LogP contribution is -2.40. The molecule has 4 rings (SSSR count). The van der Waals surface area contributed by atoms with Crippen molar-refractivity contribution in [2.75, 3.05) is 31.6 Å². The van der Waals surface area contributed by atoms with E-state index in [0.717, 1.165) is 11.3 Å². The number of furan rings is 1. The number of hydrogen-bond acceptors (Lipinski definition) is 7. The van der Waals surface area contributed by atoms with Crippen LogP contribution in [0.5, 0.6) is 0 Å². The third-order valence-corrected chi connectivity index (χ3v) is 7.74. The van der Waals surface area contributed by atoms with Gasteiger partial charge < -0.3 is 14.5 Å². The van der Waals surface area contributed by atoms with Gasteiger partial charge in [0.1, 0.15) is 5.76 Å². The second-order valence-corrected chi connectivity index (χ2v) is 10.1. The van der Waals surface area contributed by atoms with Crippen LogP contribution in [0.3, 0.4) is 0 Å². The van der Waals surface area contributed by atoms with Crippen molar-refractivity contribution >= 4 is 33.0 Å². The average Bonchev–Trinajstić information content (AvgIpc) is 3.39. The maximum absolute atomic E-state index is 12.9.